The lowest BCUT2D eigenvalue weighted by atomic mass is 9.99. The average Bonchev–Trinajstić information content (AvgIpc) is 2.47. The fourth-order valence-corrected chi connectivity index (χ4v) is 2.44. The molecule has 0 atom stereocenters. The summed E-state index contributed by atoms with van der Waals surface area (Å²) in [7, 11) is 0. The van der Waals surface area contributed by atoms with Gasteiger partial charge < -0.3 is 20.7 Å². The van der Waals surface area contributed by atoms with Crippen LogP contribution >= 0.6 is 0 Å². The summed E-state index contributed by atoms with van der Waals surface area (Å²) in [6.07, 6.45) is 2.51. The van der Waals surface area contributed by atoms with Crippen molar-refractivity contribution < 1.29 is 9.53 Å². The van der Waals surface area contributed by atoms with E-state index in [1.165, 1.54) is 12.8 Å². The SMILES string of the molecule is CC1CCN(CCNC(=O)COc2cccc(N)c2)CC1. The van der Waals surface area contributed by atoms with Gasteiger partial charge in [-0.3, -0.25) is 4.79 Å². The zero-order valence-corrected chi connectivity index (χ0v) is 12.7. The predicted octanol–water partition coefficient (Wildman–Crippen LogP) is 1.50. The summed E-state index contributed by atoms with van der Waals surface area (Å²) in [5, 5.41) is 2.89. The summed E-state index contributed by atoms with van der Waals surface area (Å²) >= 11 is 0. The number of piperidine rings is 1. The highest BCUT2D eigenvalue weighted by atomic mass is 16.5. The van der Waals surface area contributed by atoms with Gasteiger partial charge in [0.2, 0.25) is 0 Å². The Morgan fingerprint density at radius 1 is 1.43 bits per heavy atom. The number of carbonyl (C=O) groups is 1. The molecule has 0 aliphatic carbocycles. The van der Waals surface area contributed by atoms with Gasteiger partial charge in [0.05, 0.1) is 0 Å². The smallest absolute Gasteiger partial charge is 0.257 e. The van der Waals surface area contributed by atoms with Crippen LogP contribution < -0.4 is 15.8 Å². The van der Waals surface area contributed by atoms with E-state index in [0.29, 0.717) is 18.0 Å². The molecule has 0 spiro atoms. The summed E-state index contributed by atoms with van der Waals surface area (Å²) in [6.45, 7) is 6.19. The molecule has 0 aromatic heterocycles. The van der Waals surface area contributed by atoms with Crippen LogP contribution in [0, 0.1) is 5.92 Å². The standard InChI is InChI=1S/C16H25N3O2/c1-13-5-8-19(9-6-13)10-7-18-16(20)12-21-15-4-2-3-14(17)11-15/h2-4,11,13H,5-10,12,17H2,1H3,(H,18,20). The normalized spacial score (nSPS) is 16.6. The topological polar surface area (TPSA) is 67.6 Å². The Kier molecular flexibility index (Phi) is 5.87. The van der Waals surface area contributed by atoms with Crippen LogP contribution in [0.25, 0.3) is 0 Å². The Hall–Kier alpha value is -1.75. The average molecular weight is 291 g/mol. The van der Waals surface area contributed by atoms with Crippen molar-refractivity contribution in [2.75, 3.05) is 38.5 Å². The Morgan fingerprint density at radius 3 is 2.90 bits per heavy atom. The monoisotopic (exact) mass is 291 g/mol. The lowest BCUT2D eigenvalue weighted by Crippen LogP contribution is -2.40. The molecule has 3 N–H and O–H groups in total. The summed E-state index contributed by atoms with van der Waals surface area (Å²) < 4.78 is 5.40. The van der Waals surface area contributed by atoms with Gasteiger partial charge >= 0.3 is 0 Å². The molecular weight excluding hydrogens is 266 g/mol. The molecule has 1 aliphatic heterocycles. The van der Waals surface area contributed by atoms with Crippen molar-refractivity contribution in [3.05, 3.63) is 24.3 Å². The van der Waals surface area contributed by atoms with Gasteiger partial charge in [-0.2, -0.15) is 0 Å². The molecule has 0 saturated carbocycles. The molecule has 5 heteroatoms. The van der Waals surface area contributed by atoms with Gasteiger partial charge in [-0.1, -0.05) is 13.0 Å². The largest absolute Gasteiger partial charge is 0.484 e. The van der Waals surface area contributed by atoms with Crippen LogP contribution in [0.4, 0.5) is 5.69 Å². The van der Waals surface area contributed by atoms with Gasteiger partial charge in [0.15, 0.2) is 6.61 Å². The summed E-state index contributed by atoms with van der Waals surface area (Å²) in [4.78, 5) is 14.1. The number of benzene rings is 1. The van der Waals surface area contributed by atoms with Crippen LogP contribution in [-0.4, -0.2) is 43.6 Å². The van der Waals surface area contributed by atoms with E-state index in [-0.39, 0.29) is 12.5 Å². The molecule has 0 bridgehead atoms. The molecule has 116 valence electrons. The minimum atomic E-state index is -0.0946. The number of anilines is 1. The van der Waals surface area contributed by atoms with Gasteiger partial charge in [-0.25, -0.2) is 0 Å². The summed E-state index contributed by atoms with van der Waals surface area (Å²) in [6, 6.07) is 7.09. The van der Waals surface area contributed by atoms with Gasteiger partial charge in [0, 0.05) is 24.8 Å². The van der Waals surface area contributed by atoms with Crippen LogP contribution in [0.1, 0.15) is 19.8 Å². The minimum absolute atomic E-state index is 0.0283. The third-order valence-corrected chi connectivity index (χ3v) is 3.85. The molecule has 0 unspecified atom stereocenters. The number of amides is 1. The second-order valence-electron chi connectivity index (χ2n) is 5.74. The zero-order chi connectivity index (χ0) is 15.1. The fraction of sp³-hybridized carbons (Fsp3) is 0.562. The quantitative estimate of drug-likeness (QED) is 0.779. The molecule has 1 aromatic rings. The molecule has 1 aliphatic rings. The third-order valence-electron chi connectivity index (χ3n) is 3.85. The number of nitrogen functional groups attached to an aromatic ring is 1. The van der Waals surface area contributed by atoms with E-state index in [0.717, 1.165) is 25.6 Å². The molecule has 5 nitrogen and oxygen atoms in total. The summed E-state index contributed by atoms with van der Waals surface area (Å²) in [5.41, 5.74) is 6.28. The number of nitrogens with two attached hydrogens (primary N) is 1. The first-order valence-corrected chi connectivity index (χ1v) is 7.61. The lowest BCUT2D eigenvalue weighted by molar-refractivity contribution is -0.123. The number of hydrogen-bond donors (Lipinski definition) is 2. The Bertz CT molecular complexity index is 457. The van der Waals surface area contributed by atoms with E-state index in [9.17, 15) is 4.79 Å². The van der Waals surface area contributed by atoms with E-state index in [4.69, 9.17) is 10.5 Å². The van der Waals surface area contributed by atoms with Gasteiger partial charge in [0.1, 0.15) is 5.75 Å². The Morgan fingerprint density at radius 2 is 2.19 bits per heavy atom. The van der Waals surface area contributed by atoms with E-state index in [2.05, 4.69) is 17.1 Å². The Labute approximate surface area is 126 Å². The van der Waals surface area contributed by atoms with E-state index >= 15 is 0 Å². The fourth-order valence-electron chi connectivity index (χ4n) is 2.44. The maximum atomic E-state index is 11.7. The van der Waals surface area contributed by atoms with Crippen molar-refractivity contribution in [2.24, 2.45) is 5.92 Å². The summed E-state index contributed by atoms with van der Waals surface area (Å²) in [5.74, 6) is 1.36. The molecule has 1 amide bonds. The van der Waals surface area contributed by atoms with Gasteiger partial charge in [-0.15, -0.1) is 0 Å². The van der Waals surface area contributed by atoms with Crippen molar-refractivity contribution in [3.63, 3.8) is 0 Å². The molecule has 1 saturated heterocycles. The highest BCUT2D eigenvalue weighted by molar-refractivity contribution is 5.77. The zero-order valence-electron chi connectivity index (χ0n) is 12.7. The third kappa shape index (κ3) is 5.63. The Balaban J connectivity index is 1.59. The first-order chi connectivity index (χ1) is 10.1. The van der Waals surface area contributed by atoms with E-state index in [1.807, 2.05) is 0 Å². The maximum Gasteiger partial charge on any atom is 0.257 e. The molecule has 1 heterocycles. The van der Waals surface area contributed by atoms with Crippen LogP contribution in [0.2, 0.25) is 0 Å². The van der Waals surface area contributed by atoms with Crippen LogP contribution in [-0.2, 0) is 4.79 Å². The molecule has 0 radical (unpaired) electrons. The van der Waals surface area contributed by atoms with Crippen molar-refractivity contribution in [2.45, 2.75) is 19.8 Å². The highest BCUT2D eigenvalue weighted by Crippen LogP contribution is 2.15. The maximum absolute atomic E-state index is 11.7. The number of ether oxygens (including phenoxy) is 1. The highest BCUT2D eigenvalue weighted by Gasteiger charge is 2.15. The van der Waals surface area contributed by atoms with Crippen LogP contribution in [0.3, 0.4) is 0 Å². The van der Waals surface area contributed by atoms with Crippen LogP contribution in [0.5, 0.6) is 5.75 Å². The molecular formula is C16H25N3O2. The van der Waals surface area contributed by atoms with E-state index in [1.54, 1.807) is 24.3 Å². The predicted molar refractivity (Wildman–Crippen MR) is 84.2 cm³/mol. The first kappa shape index (κ1) is 15.6. The molecule has 2 rings (SSSR count). The molecule has 21 heavy (non-hydrogen) atoms. The number of hydrogen-bond acceptors (Lipinski definition) is 4. The second-order valence-corrected chi connectivity index (χ2v) is 5.74. The lowest BCUT2D eigenvalue weighted by Gasteiger charge is -2.30. The van der Waals surface area contributed by atoms with Crippen molar-refractivity contribution in [1.82, 2.24) is 10.2 Å². The number of likely N-dealkylation sites (tertiary alicyclic amines) is 1. The second kappa shape index (κ2) is 7.88. The molecule has 1 aromatic carbocycles. The number of nitrogens with one attached hydrogen (secondary N) is 1. The number of carbonyl (C=O) groups excluding carboxylic acids is 1. The minimum Gasteiger partial charge on any atom is -0.484 e. The van der Waals surface area contributed by atoms with Gasteiger partial charge in [-0.05, 0) is 44.0 Å². The van der Waals surface area contributed by atoms with Crippen molar-refractivity contribution in [3.8, 4) is 5.75 Å². The van der Waals surface area contributed by atoms with Crippen molar-refractivity contribution in [1.29, 1.82) is 0 Å². The molecule has 1 fully saturated rings. The van der Waals surface area contributed by atoms with Crippen LogP contribution in [0.15, 0.2) is 24.3 Å². The number of nitrogens with zero attached hydrogens (tertiary/aromatic N) is 1. The van der Waals surface area contributed by atoms with Crippen molar-refractivity contribution >= 4 is 11.6 Å². The van der Waals surface area contributed by atoms with Gasteiger partial charge in [0.25, 0.3) is 5.91 Å². The van der Waals surface area contributed by atoms with E-state index < -0.39 is 0 Å². The number of rotatable bonds is 6. The first-order valence-electron chi connectivity index (χ1n) is 7.61.